The van der Waals surface area contributed by atoms with E-state index in [1.165, 1.54) is 13.3 Å². The molecule has 1 saturated carbocycles. The van der Waals surface area contributed by atoms with Crippen LogP contribution >= 0.6 is 12.4 Å². The van der Waals surface area contributed by atoms with E-state index in [1.54, 1.807) is 12.1 Å². The van der Waals surface area contributed by atoms with Crippen LogP contribution in [-0.2, 0) is 9.59 Å². The number of nitrogens with one attached hydrogen (secondary N) is 3. The molecule has 1 aliphatic heterocycles. The van der Waals surface area contributed by atoms with Gasteiger partial charge in [-0.2, -0.15) is 0 Å². The predicted octanol–water partition coefficient (Wildman–Crippen LogP) is 2.79. The smallest absolute Gasteiger partial charge is 0.232 e. The molecule has 3 rings (SSSR count). The van der Waals surface area contributed by atoms with Crippen molar-refractivity contribution in [2.45, 2.75) is 32.6 Å². The minimum absolute atomic E-state index is 0. The molecule has 3 N–H and O–H groups in total. The zero-order chi connectivity index (χ0) is 15.6. The number of fused-ring (bicyclic) bond motifs is 1. The molecular weight excluding hydrogens is 314 g/mol. The number of hydrogen-bond acceptors (Lipinski definition) is 3. The van der Waals surface area contributed by atoms with Gasteiger partial charge in [0.05, 0.1) is 5.41 Å². The van der Waals surface area contributed by atoms with E-state index in [2.05, 4.69) is 16.0 Å². The Morgan fingerprint density at radius 3 is 2.43 bits per heavy atom. The van der Waals surface area contributed by atoms with E-state index >= 15 is 0 Å². The highest BCUT2D eigenvalue weighted by Crippen LogP contribution is 2.44. The van der Waals surface area contributed by atoms with Crippen molar-refractivity contribution in [3.8, 4) is 0 Å². The van der Waals surface area contributed by atoms with Crippen molar-refractivity contribution in [1.29, 1.82) is 0 Å². The van der Waals surface area contributed by atoms with E-state index in [1.807, 2.05) is 12.1 Å². The Bertz CT molecular complexity index is 576. The Balaban J connectivity index is 0.00000192. The molecule has 126 valence electrons. The molecule has 2 amide bonds. The van der Waals surface area contributed by atoms with Gasteiger partial charge in [-0.1, -0.05) is 12.8 Å². The largest absolute Gasteiger partial charge is 0.326 e. The van der Waals surface area contributed by atoms with Gasteiger partial charge in [0.2, 0.25) is 11.8 Å². The average Bonchev–Trinajstić information content (AvgIpc) is 2.94. The van der Waals surface area contributed by atoms with Gasteiger partial charge in [-0.25, -0.2) is 0 Å². The van der Waals surface area contributed by atoms with E-state index in [0.29, 0.717) is 5.92 Å². The summed E-state index contributed by atoms with van der Waals surface area (Å²) in [5, 5.41) is 9.18. The standard InChI is InChI=1S/C17H23N3O2.ClH/c1-12(21)19-14-5-7-15(8-6-14)20-16(22)17-9-3-2-4-13(17)10-18-11-17;/h5-8,13,18H,2-4,9-11H2,1H3,(H,19,21)(H,20,22);1H/t13-,17+;/m0./s1. The number of carbonyl (C=O) groups is 2. The molecule has 1 saturated heterocycles. The molecule has 5 nitrogen and oxygen atoms in total. The lowest BCUT2D eigenvalue weighted by molar-refractivity contribution is -0.128. The summed E-state index contributed by atoms with van der Waals surface area (Å²) in [4.78, 5) is 23.8. The minimum atomic E-state index is -0.242. The van der Waals surface area contributed by atoms with Crippen LogP contribution in [0.4, 0.5) is 11.4 Å². The Kier molecular flexibility index (Phi) is 5.65. The van der Waals surface area contributed by atoms with Crippen LogP contribution in [0.2, 0.25) is 0 Å². The van der Waals surface area contributed by atoms with Crippen molar-refractivity contribution in [2.24, 2.45) is 11.3 Å². The van der Waals surface area contributed by atoms with Gasteiger partial charge in [0.25, 0.3) is 0 Å². The van der Waals surface area contributed by atoms with Crippen molar-refractivity contribution in [1.82, 2.24) is 5.32 Å². The van der Waals surface area contributed by atoms with Crippen molar-refractivity contribution < 1.29 is 9.59 Å². The van der Waals surface area contributed by atoms with Crippen LogP contribution < -0.4 is 16.0 Å². The van der Waals surface area contributed by atoms with Gasteiger partial charge in [0.1, 0.15) is 0 Å². The van der Waals surface area contributed by atoms with E-state index in [4.69, 9.17) is 0 Å². The molecule has 0 unspecified atom stereocenters. The fraction of sp³-hybridized carbons (Fsp3) is 0.529. The molecule has 1 heterocycles. The quantitative estimate of drug-likeness (QED) is 0.794. The second kappa shape index (κ2) is 7.32. The number of amides is 2. The molecular formula is C17H24ClN3O2. The summed E-state index contributed by atoms with van der Waals surface area (Å²) >= 11 is 0. The third kappa shape index (κ3) is 3.67. The third-order valence-corrected chi connectivity index (χ3v) is 4.95. The number of anilines is 2. The molecule has 0 bridgehead atoms. The Morgan fingerprint density at radius 1 is 1.13 bits per heavy atom. The molecule has 2 atom stereocenters. The first kappa shape index (κ1) is 17.8. The molecule has 23 heavy (non-hydrogen) atoms. The third-order valence-electron chi connectivity index (χ3n) is 4.95. The highest BCUT2D eigenvalue weighted by Gasteiger charge is 2.49. The molecule has 1 aromatic rings. The normalized spacial score (nSPS) is 25.9. The molecule has 0 spiro atoms. The zero-order valence-corrected chi connectivity index (χ0v) is 14.2. The van der Waals surface area contributed by atoms with Crippen molar-refractivity contribution in [3.05, 3.63) is 24.3 Å². The van der Waals surface area contributed by atoms with Crippen LogP contribution in [0.1, 0.15) is 32.6 Å². The lowest BCUT2D eigenvalue weighted by Gasteiger charge is -2.37. The zero-order valence-electron chi connectivity index (χ0n) is 13.4. The van der Waals surface area contributed by atoms with E-state index in [9.17, 15) is 9.59 Å². The van der Waals surface area contributed by atoms with Gasteiger partial charge in [-0.05, 0) is 49.6 Å². The first-order chi connectivity index (χ1) is 10.6. The fourth-order valence-corrected chi connectivity index (χ4v) is 3.79. The van der Waals surface area contributed by atoms with Gasteiger partial charge in [0, 0.05) is 24.8 Å². The average molecular weight is 338 g/mol. The lowest BCUT2D eigenvalue weighted by Crippen LogP contribution is -2.44. The van der Waals surface area contributed by atoms with Gasteiger partial charge in [0.15, 0.2) is 0 Å². The second-order valence-electron chi connectivity index (χ2n) is 6.44. The maximum absolute atomic E-state index is 12.8. The summed E-state index contributed by atoms with van der Waals surface area (Å²) in [5.41, 5.74) is 1.28. The Hall–Kier alpha value is -1.59. The van der Waals surface area contributed by atoms with Gasteiger partial charge in [-0.3, -0.25) is 9.59 Å². The number of rotatable bonds is 3. The van der Waals surface area contributed by atoms with E-state index in [-0.39, 0.29) is 29.6 Å². The Labute approximate surface area is 143 Å². The van der Waals surface area contributed by atoms with Gasteiger partial charge >= 0.3 is 0 Å². The van der Waals surface area contributed by atoms with Gasteiger partial charge < -0.3 is 16.0 Å². The number of hydrogen-bond donors (Lipinski definition) is 3. The molecule has 0 aromatic heterocycles. The number of halogens is 1. The maximum atomic E-state index is 12.8. The summed E-state index contributed by atoms with van der Waals surface area (Å²) in [6, 6.07) is 7.28. The molecule has 1 aromatic carbocycles. The lowest BCUT2D eigenvalue weighted by atomic mass is 9.67. The molecule has 1 aliphatic carbocycles. The van der Waals surface area contributed by atoms with Crippen LogP contribution in [0, 0.1) is 11.3 Å². The summed E-state index contributed by atoms with van der Waals surface area (Å²) in [6.45, 7) is 3.22. The van der Waals surface area contributed by atoms with E-state index < -0.39 is 0 Å². The van der Waals surface area contributed by atoms with Crippen molar-refractivity contribution >= 4 is 35.6 Å². The fourth-order valence-electron chi connectivity index (χ4n) is 3.79. The number of benzene rings is 1. The topological polar surface area (TPSA) is 70.2 Å². The summed E-state index contributed by atoms with van der Waals surface area (Å²) in [5.74, 6) is 0.493. The van der Waals surface area contributed by atoms with Crippen LogP contribution in [0.5, 0.6) is 0 Å². The van der Waals surface area contributed by atoms with Crippen LogP contribution in [0.3, 0.4) is 0 Å². The Morgan fingerprint density at radius 2 is 1.78 bits per heavy atom. The summed E-state index contributed by atoms with van der Waals surface area (Å²) in [7, 11) is 0. The SMILES string of the molecule is CC(=O)Nc1ccc(NC(=O)[C@@]23CCCC[C@H]2CNC3)cc1.Cl. The number of carbonyl (C=O) groups excluding carboxylic acids is 2. The maximum Gasteiger partial charge on any atom is 0.232 e. The molecule has 6 heteroatoms. The van der Waals surface area contributed by atoms with Gasteiger partial charge in [-0.15, -0.1) is 12.4 Å². The minimum Gasteiger partial charge on any atom is -0.326 e. The van der Waals surface area contributed by atoms with Crippen molar-refractivity contribution in [3.63, 3.8) is 0 Å². The van der Waals surface area contributed by atoms with Crippen LogP contribution in [-0.4, -0.2) is 24.9 Å². The highest BCUT2D eigenvalue weighted by molar-refractivity contribution is 5.96. The molecule has 2 fully saturated rings. The monoisotopic (exact) mass is 337 g/mol. The molecule has 2 aliphatic rings. The second-order valence-corrected chi connectivity index (χ2v) is 6.44. The highest BCUT2D eigenvalue weighted by atomic mass is 35.5. The first-order valence-corrected chi connectivity index (χ1v) is 8.00. The summed E-state index contributed by atoms with van der Waals surface area (Å²) in [6.07, 6.45) is 4.47. The summed E-state index contributed by atoms with van der Waals surface area (Å²) < 4.78 is 0. The predicted molar refractivity (Wildman–Crippen MR) is 93.9 cm³/mol. The van der Waals surface area contributed by atoms with Crippen LogP contribution in [0.15, 0.2) is 24.3 Å². The first-order valence-electron chi connectivity index (χ1n) is 8.00. The molecule has 0 radical (unpaired) electrons. The van der Waals surface area contributed by atoms with E-state index in [0.717, 1.165) is 43.7 Å². The van der Waals surface area contributed by atoms with Crippen molar-refractivity contribution in [2.75, 3.05) is 23.7 Å². The van der Waals surface area contributed by atoms with Crippen LogP contribution in [0.25, 0.3) is 0 Å².